The third-order valence-electron chi connectivity index (χ3n) is 3.03. The van der Waals surface area contributed by atoms with Crippen LogP contribution in [0.15, 0.2) is 35.5 Å². The van der Waals surface area contributed by atoms with Crippen LogP contribution in [0.25, 0.3) is 0 Å². The number of hydrogen-bond donors (Lipinski definition) is 3. The summed E-state index contributed by atoms with van der Waals surface area (Å²) in [5, 5.41) is 0. The molecule has 0 aromatic carbocycles. The third-order valence-corrected chi connectivity index (χ3v) is 4.62. The molecule has 1 aliphatic rings. The molecule has 10 nitrogen and oxygen atoms in total. The molecule has 2 rings (SSSR count). The van der Waals surface area contributed by atoms with Crippen LogP contribution < -0.4 is 4.72 Å². The van der Waals surface area contributed by atoms with Gasteiger partial charge >= 0.3 is 0 Å². The van der Waals surface area contributed by atoms with E-state index in [9.17, 15) is 25.3 Å². The van der Waals surface area contributed by atoms with Gasteiger partial charge in [-0.05, 0) is 37.3 Å². The molecule has 1 aromatic rings. The van der Waals surface area contributed by atoms with Crippen LogP contribution in [0.2, 0.25) is 0 Å². The van der Waals surface area contributed by atoms with Gasteiger partial charge in [0.05, 0.1) is 17.4 Å². The zero-order valence-corrected chi connectivity index (χ0v) is 18.1. The molecule has 0 bridgehead atoms. The second-order valence-corrected chi connectivity index (χ2v) is 10.7. The molecule has 0 atom stereocenters. The van der Waals surface area contributed by atoms with E-state index in [1.807, 2.05) is 12.1 Å². The number of aromatic nitrogens is 1. The van der Waals surface area contributed by atoms with E-state index in [4.69, 9.17) is 9.11 Å². The minimum Gasteiger partial charge on any atom is -0.286 e. The molecule has 0 saturated heterocycles. The van der Waals surface area contributed by atoms with Crippen molar-refractivity contribution in [2.75, 3.05) is 12.5 Å². The van der Waals surface area contributed by atoms with E-state index in [-0.39, 0.29) is 0 Å². The Morgan fingerprint density at radius 3 is 2.07 bits per heavy atom. The highest BCUT2D eigenvalue weighted by atomic mass is 32.2. The van der Waals surface area contributed by atoms with E-state index in [2.05, 4.69) is 9.71 Å². The van der Waals surface area contributed by atoms with Gasteiger partial charge in [0, 0.05) is 18.9 Å². The van der Waals surface area contributed by atoms with E-state index in [1.54, 1.807) is 18.5 Å². The lowest BCUT2D eigenvalue weighted by atomic mass is 10.2. The molecule has 13 heteroatoms. The molecular weight excluding hydrogens is 432 g/mol. The van der Waals surface area contributed by atoms with Gasteiger partial charge < -0.3 is 0 Å². The van der Waals surface area contributed by atoms with E-state index >= 15 is 0 Å². The van der Waals surface area contributed by atoms with Gasteiger partial charge in [-0.3, -0.25) is 14.1 Å². The zero-order chi connectivity index (χ0) is 21.8. The Bertz CT molecular complexity index is 879. The van der Waals surface area contributed by atoms with E-state index < -0.39 is 30.3 Å². The van der Waals surface area contributed by atoms with Crippen LogP contribution in [0, 0.1) is 0 Å². The highest BCUT2D eigenvalue weighted by Crippen LogP contribution is 2.21. The molecule has 0 aliphatic heterocycles. The molecule has 162 valence electrons. The van der Waals surface area contributed by atoms with Gasteiger partial charge in [0.1, 0.15) is 0 Å². The Kier molecular flexibility index (Phi) is 11.6. The van der Waals surface area contributed by atoms with Gasteiger partial charge in [-0.15, -0.1) is 0 Å². The van der Waals surface area contributed by atoms with Crippen molar-refractivity contribution in [3.8, 4) is 0 Å². The number of rotatable bonds is 4. The van der Waals surface area contributed by atoms with Crippen LogP contribution in [0.4, 0.5) is 0 Å². The first-order valence-electron chi connectivity index (χ1n) is 8.11. The van der Waals surface area contributed by atoms with Gasteiger partial charge in [0.25, 0.3) is 20.2 Å². The maximum Gasteiger partial charge on any atom is 0.261 e. The first-order valence-corrected chi connectivity index (χ1v) is 13.3. The summed E-state index contributed by atoms with van der Waals surface area (Å²) in [7, 11) is -10.7. The highest BCUT2D eigenvalue weighted by Gasteiger charge is 2.17. The number of pyridine rings is 1. The van der Waals surface area contributed by atoms with Gasteiger partial charge in [-0.25, -0.2) is 13.1 Å². The maximum absolute atomic E-state index is 12.1. The topological polar surface area (TPSA) is 168 Å². The number of sulfonamides is 1. The van der Waals surface area contributed by atoms with Crippen molar-refractivity contribution in [2.45, 2.75) is 38.6 Å². The van der Waals surface area contributed by atoms with Crippen molar-refractivity contribution in [3.05, 3.63) is 41.1 Å². The van der Waals surface area contributed by atoms with Crippen LogP contribution in [-0.2, 0) is 36.8 Å². The van der Waals surface area contributed by atoms with Crippen LogP contribution in [-0.4, -0.2) is 51.9 Å². The third kappa shape index (κ3) is 18.0. The summed E-state index contributed by atoms with van der Waals surface area (Å²) in [6, 6.07) is 3.66. The van der Waals surface area contributed by atoms with Crippen LogP contribution in [0.3, 0.4) is 0 Å². The Balaban J connectivity index is 0.000000607. The number of nitrogens with one attached hydrogen (secondary N) is 1. The summed E-state index contributed by atoms with van der Waals surface area (Å²) in [6.45, 7) is 0.299. The summed E-state index contributed by atoms with van der Waals surface area (Å²) in [5.74, 6) is 0. The van der Waals surface area contributed by atoms with Crippen molar-refractivity contribution in [1.82, 2.24) is 9.71 Å². The average molecular weight is 459 g/mol. The largest absolute Gasteiger partial charge is 0.286 e. The molecule has 1 heterocycles. The van der Waals surface area contributed by atoms with Crippen molar-refractivity contribution in [2.24, 2.45) is 0 Å². The second kappa shape index (κ2) is 12.2. The van der Waals surface area contributed by atoms with Crippen LogP contribution in [0.5, 0.6) is 0 Å². The fourth-order valence-corrected chi connectivity index (χ4v) is 3.30. The monoisotopic (exact) mass is 458 g/mol. The van der Waals surface area contributed by atoms with Crippen molar-refractivity contribution < 1.29 is 34.4 Å². The molecule has 0 radical (unpaired) electrons. The van der Waals surface area contributed by atoms with Gasteiger partial charge in [0.2, 0.25) is 10.0 Å². The Morgan fingerprint density at radius 2 is 1.57 bits per heavy atom. The molecule has 3 N–H and O–H groups in total. The smallest absolute Gasteiger partial charge is 0.261 e. The molecule has 0 amide bonds. The SMILES string of the molecule is CS(=O)(=O)O.CS(=O)(=O)O.O=S(=O)(NCc1cccnc1)C1=CCCCCC1. The minimum atomic E-state index is -3.67. The fourth-order valence-electron chi connectivity index (χ4n) is 2.00. The van der Waals surface area contributed by atoms with Crippen LogP contribution in [0.1, 0.15) is 37.7 Å². The predicted octanol–water partition coefficient (Wildman–Crippen LogP) is 1.36. The first kappa shape index (κ1) is 26.6. The molecule has 1 aliphatic carbocycles. The number of hydrogen-bond acceptors (Lipinski definition) is 7. The first-order chi connectivity index (χ1) is 12.7. The summed E-state index contributed by atoms with van der Waals surface area (Å²) < 4.78 is 78.6. The lowest BCUT2D eigenvalue weighted by Gasteiger charge is -2.09. The molecule has 0 unspecified atom stereocenters. The lowest BCUT2D eigenvalue weighted by molar-refractivity contribution is 0.488. The normalized spacial score (nSPS) is 15.1. The summed E-state index contributed by atoms with van der Waals surface area (Å²) in [4.78, 5) is 4.51. The van der Waals surface area contributed by atoms with Gasteiger partial charge in [-0.2, -0.15) is 16.8 Å². The fraction of sp³-hybridized carbons (Fsp3) is 0.533. The summed E-state index contributed by atoms with van der Waals surface area (Å²) in [5.41, 5.74) is 0.871. The molecule has 1 aromatic heterocycles. The number of allylic oxidation sites excluding steroid dienone is 2. The molecular formula is C15H26N2O8S3. The summed E-state index contributed by atoms with van der Waals surface area (Å²) in [6.07, 6.45) is 11.3. The Labute approximate surface area is 166 Å². The molecule has 0 fully saturated rings. The highest BCUT2D eigenvalue weighted by molar-refractivity contribution is 7.93. The molecule has 0 saturated carbocycles. The maximum atomic E-state index is 12.1. The van der Waals surface area contributed by atoms with Gasteiger partial charge in [-0.1, -0.05) is 18.6 Å². The quantitative estimate of drug-likeness (QED) is 0.564. The lowest BCUT2D eigenvalue weighted by Crippen LogP contribution is -2.24. The van der Waals surface area contributed by atoms with Crippen LogP contribution >= 0.6 is 0 Å². The van der Waals surface area contributed by atoms with Gasteiger partial charge in [0.15, 0.2) is 0 Å². The average Bonchev–Trinajstić information content (AvgIpc) is 2.81. The Hall–Kier alpha value is -1.38. The molecule has 28 heavy (non-hydrogen) atoms. The predicted molar refractivity (Wildman–Crippen MR) is 106 cm³/mol. The van der Waals surface area contributed by atoms with Crippen molar-refractivity contribution in [1.29, 1.82) is 0 Å². The molecule has 0 spiro atoms. The standard InChI is InChI=1S/C13H18N2O2S.2CH4O3S/c16-18(17,13-7-3-1-2-4-8-13)15-11-12-6-5-9-14-10-12;2*1-5(2,3)4/h5-7,9-10,15H,1-4,8,11H2;2*1H3,(H,2,3,4). The zero-order valence-electron chi connectivity index (χ0n) is 15.6. The van der Waals surface area contributed by atoms with Crippen molar-refractivity contribution in [3.63, 3.8) is 0 Å². The second-order valence-electron chi connectivity index (χ2n) is 5.92. The summed E-state index contributed by atoms with van der Waals surface area (Å²) >= 11 is 0. The minimum absolute atomic E-state index is 0.299. The van der Waals surface area contributed by atoms with E-state index in [0.29, 0.717) is 30.4 Å². The van der Waals surface area contributed by atoms with Crippen molar-refractivity contribution >= 4 is 30.3 Å². The number of nitrogens with zero attached hydrogens (tertiary/aromatic N) is 1. The van der Waals surface area contributed by atoms with E-state index in [1.165, 1.54) is 0 Å². The Morgan fingerprint density at radius 1 is 1.00 bits per heavy atom. The van der Waals surface area contributed by atoms with E-state index in [0.717, 1.165) is 31.2 Å².